The number of nitrogens with zero attached hydrogens (tertiary/aromatic N) is 1. The number of rotatable bonds is 8. The smallest absolute Gasteiger partial charge is 0.306 e. The van der Waals surface area contributed by atoms with Crippen LogP contribution in [0.1, 0.15) is 36.2 Å². The van der Waals surface area contributed by atoms with Crippen molar-refractivity contribution in [3.05, 3.63) is 64.7 Å². The van der Waals surface area contributed by atoms with Crippen LogP contribution in [0.5, 0.6) is 5.75 Å². The molecule has 0 bridgehead atoms. The van der Waals surface area contributed by atoms with Crippen molar-refractivity contribution in [1.82, 2.24) is 4.90 Å². The average molecular weight is 410 g/mol. The van der Waals surface area contributed by atoms with Crippen LogP contribution in [-0.4, -0.2) is 32.0 Å². The van der Waals surface area contributed by atoms with Crippen LogP contribution in [-0.2, 0) is 16.7 Å². The molecular formula is C20H24ClNO4S. The molecule has 0 N–H and O–H groups in total. The van der Waals surface area contributed by atoms with Crippen molar-refractivity contribution in [1.29, 1.82) is 0 Å². The molecule has 5 nitrogen and oxygen atoms in total. The predicted octanol–water partition coefficient (Wildman–Crippen LogP) is 4.37. The highest BCUT2D eigenvalue weighted by Crippen LogP contribution is 2.18. The molecule has 0 aliphatic heterocycles. The quantitative estimate of drug-likeness (QED) is 0.607. The Kier molecular flexibility index (Phi) is 7.27. The maximum Gasteiger partial charge on any atom is 0.306 e. The lowest BCUT2D eigenvalue weighted by Gasteiger charge is -2.24. The van der Waals surface area contributed by atoms with E-state index in [4.69, 9.17) is 15.8 Å². The predicted molar refractivity (Wildman–Crippen MR) is 108 cm³/mol. The molecule has 0 aromatic heterocycles. The Morgan fingerprint density at radius 1 is 1.07 bits per heavy atom. The van der Waals surface area contributed by atoms with Gasteiger partial charge in [0, 0.05) is 23.7 Å². The summed E-state index contributed by atoms with van der Waals surface area (Å²) in [5.41, 5.74) is 1.47. The third-order valence-corrected chi connectivity index (χ3v) is 4.65. The van der Waals surface area contributed by atoms with E-state index in [0.29, 0.717) is 29.6 Å². The third-order valence-electron chi connectivity index (χ3n) is 3.90. The average Bonchev–Trinajstić information content (AvgIpc) is 2.58. The number of carbonyl (C=O) groups is 1. The Balaban J connectivity index is 2.16. The lowest BCUT2D eigenvalue weighted by atomic mass is 10.1. The molecule has 0 fully saturated rings. The van der Waals surface area contributed by atoms with E-state index in [1.165, 1.54) is 0 Å². The van der Waals surface area contributed by atoms with Gasteiger partial charge in [-0.25, -0.2) is 0 Å². The fourth-order valence-corrected chi connectivity index (χ4v) is 3.07. The summed E-state index contributed by atoms with van der Waals surface area (Å²) >= 11 is 5.91. The van der Waals surface area contributed by atoms with E-state index in [1.807, 2.05) is 0 Å². The molecule has 2 aromatic carbocycles. The van der Waals surface area contributed by atoms with E-state index in [2.05, 4.69) is 13.8 Å². The first-order valence-corrected chi connectivity index (χ1v) is 10.9. The minimum absolute atomic E-state index is 0.0659. The Morgan fingerprint density at radius 3 is 2.19 bits per heavy atom. The van der Waals surface area contributed by atoms with Crippen molar-refractivity contribution in [2.45, 2.75) is 26.8 Å². The van der Waals surface area contributed by atoms with E-state index in [-0.39, 0.29) is 11.7 Å². The normalized spacial score (nSPS) is 11.4. The van der Waals surface area contributed by atoms with Crippen molar-refractivity contribution in [3.8, 4) is 5.75 Å². The van der Waals surface area contributed by atoms with Gasteiger partial charge in [0.2, 0.25) is 0 Å². The second-order valence-corrected chi connectivity index (χ2v) is 8.86. The molecule has 0 unspecified atom stereocenters. The van der Waals surface area contributed by atoms with Crippen LogP contribution in [0.3, 0.4) is 0 Å². The van der Waals surface area contributed by atoms with Crippen LogP contribution in [0, 0.1) is 5.92 Å². The van der Waals surface area contributed by atoms with E-state index < -0.39 is 10.1 Å². The van der Waals surface area contributed by atoms with Gasteiger partial charge >= 0.3 is 10.1 Å². The van der Waals surface area contributed by atoms with Crippen LogP contribution in [0.2, 0.25) is 5.02 Å². The minimum Gasteiger partial charge on any atom is -0.383 e. The summed E-state index contributed by atoms with van der Waals surface area (Å²) in [6.07, 6.45) is 1.88. The number of hydrogen-bond donors (Lipinski definition) is 0. The van der Waals surface area contributed by atoms with Gasteiger partial charge in [-0.05, 0) is 54.3 Å². The van der Waals surface area contributed by atoms with Crippen molar-refractivity contribution in [3.63, 3.8) is 0 Å². The molecular weight excluding hydrogens is 386 g/mol. The van der Waals surface area contributed by atoms with E-state index in [0.717, 1.165) is 18.2 Å². The molecule has 1 amide bonds. The van der Waals surface area contributed by atoms with Gasteiger partial charge < -0.3 is 9.08 Å². The molecule has 0 aliphatic carbocycles. The summed E-state index contributed by atoms with van der Waals surface area (Å²) in [4.78, 5) is 14.7. The van der Waals surface area contributed by atoms with Crippen LogP contribution in [0.15, 0.2) is 48.5 Å². The third kappa shape index (κ3) is 7.23. The summed E-state index contributed by atoms with van der Waals surface area (Å²) in [6, 6.07) is 13.5. The zero-order valence-electron chi connectivity index (χ0n) is 15.7. The van der Waals surface area contributed by atoms with Gasteiger partial charge in [0.1, 0.15) is 5.75 Å². The van der Waals surface area contributed by atoms with Crippen LogP contribution in [0.25, 0.3) is 0 Å². The Morgan fingerprint density at radius 2 is 1.67 bits per heavy atom. The van der Waals surface area contributed by atoms with Gasteiger partial charge in [0.15, 0.2) is 0 Å². The standard InChI is InChI=1S/C20H24ClNO4S/c1-15(2)12-13-22(20(23)17-6-8-18(21)9-7-17)14-16-4-10-19(11-5-16)26-27(3,24)25/h4-11,15H,12-14H2,1-3H3. The van der Waals surface area contributed by atoms with Crippen molar-refractivity contribution < 1.29 is 17.4 Å². The van der Waals surface area contributed by atoms with E-state index >= 15 is 0 Å². The molecule has 0 spiro atoms. The highest BCUT2D eigenvalue weighted by atomic mass is 35.5. The Hall–Kier alpha value is -2.05. The van der Waals surface area contributed by atoms with Gasteiger partial charge in [0.25, 0.3) is 5.91 Å². The molecule has 0 saturated carbocycles. The van der Waals surface area contributed by atoms with Gasteiger partial charge in [-0.3, -0.25) is 4.79 Å². The number of halogens is 1. The van der Waals surface area contributed by atoms with Crippen LogP contribution in [0.4, 0.5) is 0 Å². The zero-order valence-corrected chi connectivity index (χ0v) is 17.3. The first kappa shape index (κ1) is 21.3. The van der Waals surface area contributed by atoms with E-state index in [1.54, 1.807) is 53.4 Å². The summed E-state index contributed by atoms with van der Waals surface area (Å²) in [5.74, 6) is 0.652. The molecule has 0 aliphatic rings. The maximum absolute atomic E-state index is 12.9. The largest absolute Gasteiger partial charge is 0.383 e. The highest BCUT2D eigenvalue weighted by molar-refractivity contribution is 7.86. The van der Waals surface area contributed by atoms with Crippen LogP contribution >= 0.6 is 11.6 Å². The summed E-state index contributed by atoms with van der Waals surface area (Å²) in [7, 11) is -3.56. The van der Waals surface area contributed by atoms with Gasteiger partial charge in [-0.1, -0.05) is 37.6 Å². The first-order valence-electron chi connectivity index (χ1n) is 8.67. The number of carbonyl (C=O) groups excluding carboxylic acids is 1. The highest BCUT2D eigenvalue weighted by Gasteiger charge is 2.17. The molecule has 0 saturated heterocycles. The topological polar surface area (TPSA) is 63.7 Å². The summed E-state index contributed by atoms with van der Waals surface area (Å²) in [6.45, 7) is 5.28. The Bertz CT molecular complexity index is 862. The number of hydrogen-bond acceptors (Lipinski definition) is 4. The molecule has 7 heteroatoms. The van der Waals surface area contributed by atoms with Crippen molar-refractivity contribution in [2.24, 2.45) is 5.92 Å². The lowest BCUT2D eigenvalue weighted by molar-refractivity contribution is 0.0735. The molecule has 0 atom stereocenters. The molecule has 2 aromatic rings. The number of benzene rings is 2. The lowest BCUT2D eigenvalue weighted by Crippen LogP contribution is -2.32. The van der Waals surface area contributed by atoms with Crippen LogP contribution < -0.4 is 4.18 Å². The van der Waals surface area contributed by atoms with Gasteiger partial charge in [0.05, 0.1) is 6.26 Å². The zero-order chi connectivity index (χ0) is 20.0. The van der Waals surface area contributed by atoms with Crippen molar-refractivity contribution >= 4 is 27.6 Å². The Labute approximate surface area is 166 Å². The molecule has 146 valence electrons. The molecule has 27 heavy (non-hydrogen) atoms. The molecule has 2 rings (SSSR count). The second-order valence-electron chi connectivity index (χ2n) is 6.85. The fourth-order valence-electron chi connectivity index (χ4n) is 2.49. The van der Waals surface area contributed by atoms with E-state index in [9.17, 15) is 13.2 Å². The van der Waals surface area contributed by atoms with Gasteiger partial charge in [-0.2, -0.15) is 8.42 Å². The fraction of sp³-hybridized carbons (Fsp3) is 0.350. The summed E-state index contributed by atoms with van der Waals surface area (Å²) in [5, 5.41) is 0.585. The van der Waals surface area contributed by atoms with Gasteiger partial charge in [-0.15, -0.1) is 0 Å². The maximum atomic E-state index is 12.9. The number of amides is 1. The minimum atomic E-state index is -3.56. The second kappa shape index (κ2) is 9.24. The first-order chi connectivity index (χ1) is 12.6. The van der Waals surface area contributed by atoms with Crippen molar-refractivity contribution in [2.75, 3.05) is 12.8 Å². The molecule has 0 radical (unpaired) electrons. The summed E-state index contributed by atoms with van der Waals surface area (Å²) < 4.78 is 27.2. The molecule has 0 heterocycles. The monoisotopic (exact) mass is 409 g/mol. The SMILES string of the molecule is CC(C)CCN(Cc1ccc(OS(C)(=O)=O)cc1)C(=O)c1ccc(Cl)cc1.